The molecule has 0 amide bonds. The largest absolute Gasteiger partial charge is 1.00 e. The fourth-order valence-electron chi connectivity index (χ4n) is 2.73. The summed E-state index contributed by atoms with van der Waals surface area (Å²) in [6.07, 6.45) is 1.13. The average molecular weight is 391 g/mol. The van der Waals surface area contributed by atoms with Gasteiger partial charge >= 0.3 is 112 Å². The quantitative estimate of drug-likeness (QED) is 0.359. The Morgan fingerprint density at radius 2 is 1.58 bits per heavy atom. The topological polar surface area (TPSA) is 0 Å². The monoisotopic (exact) mass is 388 g/mol. The summed E-state index contributed by atoms with van der Waals surface area (Å²) < 4.78 is 1.56. The first-order valence-electron chi connectivity index (χ1n) is 5.61. The Morgan fingerprint density at radius 1 is 0.947 bits per heavy atom. The van der Waals surface area contributed by atoms with Crippen LogP contribution in [0.5, 0.6) is 0 Å². The Bertz CT molecular complexity index is 594. The zero-order valence-electron chi connectivity index (χ0n) is 10.7. The smallest absolute Gasteiger partial charge is 1.00 e. The van der Waals surface area contributed by atoms with Crippen LogP contribution in [0.15, 0.2) is 30.3 Å². The van der Waals surface area contributed by atoms with Crippen molar-refractivity contribution in [1.82, 2.24) is 0 Å². The van der Waals surface area contributed by atoms with Gasteiger partial charge in [0.15, 0.2) is 0 Å². The van der Waals surface area contributed by atoms with E-state index >= 15 is 0 Å². The molecule has 1 aliphatic rings. The first-order chi connectivity index (χ1) is 7.68. The molecule has 2 aromatic rings. The van der Waals surface area contributed by atoms with Crippen LogP contribution >= 0.6 is 0 Å². The van der Waals surface area contributed by atoms with E-state index in [1.54, 1.807) is 33.6 Å². The molecular weight excluding hydrogens is 378 g/mol. The zero-order valence-corrected chi connectivity index (χ0v) is 15.5. The van der Waals surface area contributed by atoms with Gasteiger partial charge < -0.3 is 37.2 Å². The van der Waals surface area contributed by atoms with Crippen LogP contribution in [0, 0.1) is 13.8 Å². The number of fused-ring (bicyclic) bond motifs is 3. The number of halogens is 3. The van der Waals surface area contributed by atoms with Crippen LogP contribution in [0.2, 0.25) is 0 Å². The minimum atomic E-state index is 0. The van der Waals surface area contributed by atoms with Gasteiger partial charge in [-0.2, -0.15) is 0 Å². The summed E-state index contributed by atoms with van der Waals surface area (Å²) >= 11 is 1.54. The minimum Gasteiger partial charge on any atom is -1.00 e. The van der Waals surface area contributed by atoms with E-state index in [1.807, 2.05) is 0 Å². The van der Waals surface area contributed by atoms with Crippen molar-refractivity contribution in [3.63, 3.8) is 0 Å². The summed E-state index contributed by atoms with van der Waals surface area (Å²) in [5.41, 5.74) is 8.93. The van der Waals surface area contributed by atoms with Gasteiger partial charge in [-0.25, -0.2) is 0 Å². The predicted molar refractivity (Wildman–Crippen MR) is 63.8 cm³/mol. The van der Waals surface area contributed by atoms with Crippen LogP contribution in [0.1, 0.15) is 22.3 Å². The molecule has 3 rings (SSSR count). The van der Waals surface area contributed by atoms with Crippen LogP contribution in [-0.4, -0.2) is 0 Å². The summed E-state index contributed by atoms with van der Waals surface area (Å²) in [4.78, 5) is 0. The summed E-state index contributed by atoms with van der Waals surface area (Å²) in [6, 6.07) is 11.2. The second kappa shape index (κ2) is 7.27. The molecule has 0 bridgehead atoms. The van der Waals surface area contributed by atoms with Gasteiger partial charge in [-0.3, -0.25) is 0 Å². The first kappa shape index (κ1) is 19.2. The zero-order chi connectivity index (χ0) is 11.3. The fraction of sp³-hybridized carbons (Fsp3) is 0.200. The molecule has 1 aliphatic carbocycles. The number of benzene rings is 2. The molecule has 2 aromatic carbocycles. The van der Waals surface area contributed by atoms with Crippen molar-refractivity contribution in [1.29, 1.82) is 0 Å². The predicted octanol–water partition coefficient (Wildman–Crippen LogP) is -5.94. The molecule has 0 fully saturated rings. The van der Waals surface area contributed by atoms with Crippen molar-refractivity contribution < 1.29 is 61.9 Å². The average Bonchev–Trinajstić information content (AvgIpc) is 2.65. The molecular formula is C15H13Cl3Zr. The molecule has 0 unspecified atom stereocenters. The van der Waals surface area contributed by atoms with Gasteiger partial charge in [-0.05, 0) is 0 Å². The molecule has 0 nitrogen and oxygen atoms in total. The maximum Gasteiger partial charge on any atom is -1.00 e. The molecule has 0 aromatic heterocycles. The Balaban J connectivity index is 0.00000108. The van der Waals surface area contributed by atoms with Gasteiger partial charge in [0.2, 0.25) is 0 Å². The van der Waals surface area contributed by atoms with Gasteiger partial charge in [-0.1, -0.05) is 0 Å². The first-order valence-corrected chi connectivity index (χ1v) is 6.84. The summed E-state index contributed by atoms with van der Waals surface area (Å²) in [7, 11) is 0. The van der Waals surface area contributed by atoms with Crippen molar-refractivity contribution in [3.05, 3.63) is 52.6 Å². The Hall–Kier alpha value is 0.193. The molecule has 4 heteroatoms. The van der Waals surface area contributed by atoms with Crippen LogP contribution < -0.4 is 40.5 Å². The summed E-state index contributed by atoms with van der Waals surface area (Å²) in [5, 5.41) is 0. The molecule has 0 atom stereocenters. The normalized spacial score (nSPS) is 10.5. The second-order valence-electron chi connectivity index (χ2n) is 4.57. The van der Waals surface area contributed by atoms with Crippen molar-refractivity contribution in [2.24, 2.45) is 0 Å². The van der Waals surface area contributed by atoms with Gasteiger partial charge in [0.05, 0.1) is 0 Å². The third-order valence-corrected chi connectivity index (χ3v) is 5.19. The SMILES string of the molecule is Cc1cc(C)c2c([c]1[Zr+3])Cc1ccccc1-2.[Cl-].[Cl-].[Cl-]. The molecule has 0 radical (unpaired) electrons. The molecule has 0 spiro atoms. The minimum absolute atomic E-state index is 0. The van der Waals surface area contributed by atoms with E-state index < -0.39 is 0 Å². The Kier molecular flexibility index (Phi) is 7.35. The number of rotatable bonds is 0. The third-order valence-electron chi connectivity index (χ3n) is 3.48. The number of aryl methyl sites for hydroxylation is 2. The molecule has 98 valence electrons. The summed E-state index contributed by atoms with van der Waals surface area (Å²) in [6.45, 7) is 4.48. The molecule has 0 N–H and O–H groups in total. The van der Waals surface area contributed by atoms with E-state index in [-0.39, 0.29) is 37.2 Å². The Morgan fingerprint density at radius 3 is 2.26 bits per heavy atom. The van der Waals surface area contributed by atoms with E-state index in [0.717, 1.165) is 6.42 Å². The molecule has 0 saturated carbocycles. The summed E-state index contributed by atoms with van der Waals surface area (Å²) in [5.74, 6) is 0. The molecule has 0 aliphatic heterocycles. The van der Waals surface area contributed by atoms with Crippen molar-refractivity contribution in [2.45, 2.75) is 20.3 Å². The van der Waals surface area contributed by atoms with Crippen LogP contribution in [-0.2, 0) is 31.1 Å². The Labute approximate surface area is 148 Å². The van der Waals surface area contributed by atoms with E-state index in [4.69, 9.17) is 0 Å². The van der Waals surface area contributed by atoms with E-state index in [9.17, 15) is 0 Å². The maximum atomic E-state index is 2.34. The van der Waals surface area contributed by atoms with E-state index in [1.165, 1.54) is 27.8 Å². The third kappa shape index (κ3) is 3.11. The molecule has 0 heterocycles. The fourth-order valence-corrected chi connectivity index (χ4v) is 3.43. The molecule has 19 heavy (non-hydrogen) atoms. The van der Waals surface area contributed by atoms with Gasteiger partial charge in [0.1, 0.15) is 0 Å². The van der Waals surface area contributed by atoms with Crippen molar-refractivity contribution in [3.8, 4) is 11.1 Å². The van der Waals surface area contributed by atoms with Gasteiger partial charge in [-0.15, -0.1) is 0 Å². The van der Waals surface area contributed by atoms with E-state index in [2.05, 4.69) is 44.2 Å². The second-order valence-corrected chi connectivity index (χ2v) is 5.80. The van der Waals surface area contributed by atoms with E-state index in [0.29, 0.717) is 0 Å². The molecule has 0 saturated heterocycles. The number of hydrogen-bond acceptors (Lipinski definition) is 0. The standard InChI is InChI=1S/C15H13.3ClH.Zr/c1-10-7-11(2)15-13(8-10)9-12-5-3-4-6-14(12)15;;;;/h3-7H,9H2,1-2H3;3*1H;/q;;;;+3/p-3. The van der Waals surface area contributed by atoms with Crippen molar-refractivity contribution >= 4 is 3.27 Å². The van der Waals surface area contributed by atoms with Crippen LogP contribution in [0.25, 0.3) is 11.1 Å². The van der Waals surface area contributed by atoms with Crippen LogP contribution in [0.3, 0.4) is 0 Å². The van der Waals surface area contributed by atoms with Crippen LogP contribution in [0.4, 0.5) is 0 Å². The van der Waals surface area contributed by atoms with Crippen molar-refractivity contribution in [2.75, 3.05) is 0 Å². The number of hydrogen-bond donors (Lipinski definition) is 0. The van der Waals surface area contributed by atoms with Gasteiger partial charge in [0.25, 0.3) is 0 Å². The maximum absolute atomic E-state index is 2.34. The van der Waals surface area contributed by atoms with Gasteiger partial charge in [0, 0.05) is 0 Å².